The minimum atomic E-state index is -4.09. The first-order valence-corrected chi connectivity index (χ1v) is 8.44. The first-order valence-electron chi connectivity index (χ1n) is 8.44. The third kappa shape index (κ3) is 4.70. The van der Waals surface area contributed by atoms with E-state index in [1.165, 1.54) is 4.90 Å². The zero-order valence-corrected chi connectivity index (χ0v) is 13.6. The summed E-state index contributed by atoms with van der Waals surface area (Å²) in [5.41, 5.74) is 2.14. The molecule has 0 unspecified atom stereocenters. The number of imidazole rings is 1. The van der Waals surface area contributed by atoms with Crippen molar-refractivity contribution in [1.29, 1.82) is 0 Å². The summed E-state index contributed by atoms with van der Waals surface area (Å²) in [6.45, 7) is 2.01. The lowest BCUT2D eigenvalue weighted by molar-refractivity contribution is -0.148. The minimum absolute atomic E-state index is 0.328. The number of likely N-dealkylation sites (tertiary alicyclic amines) is 1. The number of nitrogens with one attached hydrogen (secondary N) is 1. The van der Waals surface area contributed by atoms with E-state index >= 15 is 0 Å². The molecule has 0 saturated carbocycles. The highest BCUT2D eigenvalue weighted by molar-refractivity contribution is 5.74. The molecule has 0 aliphatic carbocycles. The van der Waals surface area contributed by atoms with Crippen LogP contribution in [0.5, 0.6) is 0 Å². The highest BCUT2D eigenvalue weighted by atomic mass is 19.4. The van der Waals surface area contributed by atoms with Crippen molar-refractivity contribution in [3.05, 3.63) is 30.6 Å². The molecule has 24 heavy (non-hydrogen) atoms. The maximum atomic E-state index is 12.4. The van der Waals surface area contributed by atoms with Crippen molar-refractivity contribution in [3.8, 4) is 0 Å². The molecule has 1 aromatic heterocycles. The van der Waals surface area contributed by atoms with Gasteiger partial charge in [-0.2, -0.15) is 13.2 Å². The Balaban J connectivity index is 1.36. The molecule has 1 N–H and O–H groups in total. The Morgan fingerprint density at radius 2 is 1.92 bits per heavy atom. The van der Waals surface area contributed by atoms with Gasteiger partial charge in [0.15, 0.2) is 0 Å². The smallest absolute Gasteiger partial charge is 0.331 e. The maximum absolute atomic E-state index is 12.4. The van der Waals surface area contributed by atoms with Crippen molar-refractivity contribution in [2.24, 2.45) is 0 Å². The molecule has 0 atom stereocenters. The zero-order valence-electron chi connectivity index (χ0n) is 13.6. The largest absolute Gasteiger partial charge is 0.401 e. The summed E-state index contributed by atoms with van der Waals surface area (Å²) in [5, 5.41) is 3.47. The fourth-order valence-corrected chi connectivity index (χ4v) is 3.29. The van der Waals surface area contributed by atoms with Crippen molar-refractivity contribution in [2.45, 2.75) is 38.0 Å². The second-order valence-electron chi connectivity index (χ2n) is 6.40. The van der Waals surface area contributed by atoms with Gasteiger partial charge in [0, 0.05) is 12.6 Å². The number of para-hydroxylation sites is 2. The molecule has 132 valence electrons. The summed E-state index contributed by atoms with van der Waals surface area (Å²) in [6.07, 6.45) is 0.311. The van der Waals surface area contributed by atoms with Crippen LogP contribution in [0.2, 0.25) is 0 Å². The predicted molar refractivity (Wildman–Crippen MR) is 87.9 cm³/mol. The van der Waals surface area contributed by atoms with E-state index in [0.717, 1.165) is 43.4 Å². The third-order valence-electron chi connectivity index (χ3n) is 4.53. The predicted octanol–water partition coefficient (Wildman–Crippen LogP) is 3.04. The lowest BCUT2D eigenvalue weighted by Gasteiger charge is -2.32. The molecular formula is C17H23F3N4. The molecule has 3 rings (SSSR count). The molecular weight excluding hydrogens is 317 g/mol. The number of hydrogen-bond donors (Lipinski definition) is 1. The number of aryl methyl sites for hydroxylation is 1. The number of piperidine rings is 1. The van der Waals surface area contributed by atoms with Gasteiger partial charge in [-0.3, -0.25) is 4.90 Å². The lowest BCUT2D eigenvalue weighted by Crippen LogP contribution is -2.45. The van der Waals surface area contributed by atoms with Crippen LogP contribution in [-0.2, 0) is 6.54 Å². The van der Waals surface area contributed by atoms with Gasteiger partial charge in [-0.05, 0) is 51.0 Å². The van der Waals surface area contributed by atoms with Gasteiger partial charge in [0.1, 0.15) is 0 Å². The summed E-state index contributed by atoms with van der Waals surface area (Å²) in [5.74, 6) is 0. The van der Waals surface area contributed by atoms with Crippen LogP contribution in [0.25, 0.3) is 11.0 Å². The topological polar surface area (TPSA) is 33.1 Å². The zero-order chi connectivity index (χ0) is 17.0. The van der Waals surface area contributed by atoms with Gasteiger partial charge in [-0.1, -0.05) is 12.1 Å². The number of fused-ring (bicyclic) bond motifs is 1. The number of hydrogen-bond acceptors (Lipinski definition) is 3. The second-order valence-corrected chi connectivity index (χ2v) is 6.40. The van der Waals surface area contributed by atoms with Crippen molar-refractivity contribution < 1.29 is 13.2 Å². The number of aromatic nitrogens is 2. The highest BCUT2D eigenvalue weighted by Gasteiger charge is 2.32. The second kappa shape index (κ2) is 7.53. The Hall–Kier alpha value is -1.60. The minimum Gasteiger partial charge on any atom is -0.331 e. The van der Waals surface area contributed by atoms with Gasteiger partial charge in [0.25, 0.3) is 0 Å². The SMILES string of the molecule is FC(F)(F)CN1CCC(NCCCn2cnc3ccccc32)CC1. The molecule has 2 aromatic rings. The molecule has 2 heterocycles. The molecule has 0 radical (unpaired) electrons. The Bertz CT molecular complexity index is 645. The molecule has 0 bridgehead atoms. The summed E-state index contributed by atoms with van der Waals surface area (Å²) in [4.78, 5) is 5.87. The van der Waals surface area contributed by atoms with Gasteiger partial charge in [-0.15, -0.1) is 0 Å². The number of nitrogens with zero attached hydrogens (tertiary/aromatic N) is 3. The quantitative estimate of drug-likeness (QED) is 0.821. The third-order valence-corrected chi connectivity index (χ3v) is 4.53. The Labute approximate surface area is 139 Å². The fourth-order valence-electron chi connectivity index (χ4n) is 3.29. The summed E-state index contributed by atoms with van der Waals surface area (Å²) in [7, 11) is 0. The Morgan fingerprint density at radius 3 is 2.67 bits per heavy atom. The average Bonchev–Trinajstić information content (AvgIpc) is 2.95. The number of rotatable bonds is 6. The first kappa shape index (κ1) is 17.2. The van der Waals surface area contributed by atoms with Crippen LogP contribution in [0.3, 0.4) is 0 Å². The van der Waals surface area contributed by atoms with E-state index in [1.54, 1.807) is 0 Å². The van der Waals surface area contributed by atoms with Gasteiger partial charge in [-0.25, -0.2) is 4.98 Å². The van der Waals surface area contributed by atoms with Gasteiger partial charge in [0.05, 0.1) is 23.9 Å². The number of benzene rings is 1. The molecule has 4 nitrogen and oxygen atoms in total. The normalized spacial score (nSPS) is 17.6. The molecule has 1 saturated heterocycles. The van der Waals surface area contributed by atoms with Crippen LogP contribution in [0, 0.1) is 0 Å². The van der Waals surface area contributed by atoms with Crippen LogP contribution in [0.1, 0.15) is 19.3 Å². The lowest BCUT2D eigenvalue weighted by atomic mass is 10.0. The van der Waals surface area contributed by atoms with Crippen LogP contribution in [0.4, 0.5) is 13.2 Å². The van der Waals surface area contributed by atoms with Crippen LogP contribution in [0.15, 0.2) is 30.6 Å². The van der Waals surface area contributed by atoms with E-state index in [-0.39, 0.29) is 0 Å². The summed E-state index contributed by atoms with van der Waals surface area (Å²) < 4.78 is 39.2. The highest BCUT2D eigenvalue weighted by Crippen LogP contribution is 2.19. The van der Waals surface area contributed by atoms with E-state index in [0.29, 0.717) is 19.1 Å². The fraction of sp³-hybridized carbons (Fsp3) is 0.588. The van der Waals surface area contributed by atoms with Crippen molar-refractivity contribution in [3.63, 3.8) is 0 Å². The van der Waals surface area contributed by atoms with E-state index in [2.05, 4.69) is 20.9 Å². The van der Waals surface area contributed by atoms with Crippen molar-refractivity contribution in [2.75, 3.05) is 26.2 Å². The molecule has 1 aromatic carbocycles. The van der Waals surface area contributed by atoms with E-state index in [4.69, 9.17) is 0 Å². The van der Waals surface area contributed by atoms with E-state index in [1.807, 2.05) is 24.5 Å². The van der Waals surface area contributed by atoms with Crippen LogP contribution >= 0.6 is 0 Å². The average molecular weight is 340 g/mol. The molecule has 1 fully saturated rings. The molecule has 1 aliphatic rings. The van der Waals surface area contributed by atoms with Crippen molar-refractivity contribution >= 4 is 11.0 Å². The van der Waals surface area contributed by atoms with Gasteiger partial charge >= 0.3 is 6.18 Å². The number of halogens is 3. The number of alkyl halides is 3. The van der Waals surface area contributed by atoms with Gasteiger partial charge < -0.3 is 9.88 Å². The first-order chi connectivity index (χ1) is 11.5. The maximum Gasteiger partial charge on any atom is 0.401 e. The van der Waals surface area contributed by atoms with Crippen LogP contribution < -0.4 is 5.32 Å². The molecule has 0 spiro atoms. The monoisotopic (exact) mass is 340 g/mol. The van der Waals surface area contributed by atoms with Crippen molar-refractivity contribution in [1.82, 2.24) is 19.8 Å². The summed E-state index contributed by atoms with van der Waals surface area (Å²) in [6, 6.07) is 8.37. The van der Waals surface area contributed by atoms with E-state index in [9.17, 15) is 13.2 Å². The Kier molecular flexibility index (Phi) is 5.40. The molecule has 7 heteroatoms. The van der Waals surface area contributed by atoms with Crippen LogP contribution in [-0.4, -0.2) is 52.8 Å². The molecule has 1 aliphatic heterocycles. The molecule has 0 amide bonds. The summed E-state index contributed by atoms with van der Waals surface area (Å²) >= 11 is 0. The van der Waals surface area contributed by atoms with Gasteiger partial charge in [0.2, 0.25) is 0 Å². The standard InChI is InChI=1S/C17H23F3N4/c18-17(19,20)12-23-10-6-14(7-11-23)21-8-3-9-24-13-22-15-4-1-2-5-16(15)24/h1-2,4-5,13-14,21H,3,6-12H2. The Morgan fingerprint density at radius 1 is 1.17 bits per heavy atom. The van der Waals surface area contributed by atoms with E-state index < -0.39 is 12.7 Å².